The zero-order valence-corrected chi connectivity index (χ0v) is 30.8. The summed E-state index contributed by atoms with van der Waals surface area (Å²) in [4.78, 5) is 0. The van der Waals surface area contributed by atoms with Crippen molar-refractivity contribution in [1.29, 1.82) is 0 Å². The van der Waals surface area contributed by atoms with Gasteiger partial charge in [-0.15, -0.1) is 0 Å². The fourth-order valence-electron chi connectivity index (χ4n) is 8.36. The summed E-state index contributed by atoms with van der Waals surface area (Å²) < 4.78 is 18.8. The average molecular weight is 694 g/mol. The SMILES string of the molecule is Cc1ccc(C2=Cc3c(-c4ccccc4)cccc3[CH]2[Zr]([CH3])([CH3])(=[SiH2])[CH]2C(c3ccc(C)o3)=Cc3c(-c4ccccc4)cccc32)o1. The van der Waals surface area contributed by atoms with E-state index in [1.807, 2.05) is 13.8 Å². The number of rotatable bonds is 6. The molecule has 6 aromatic rings. The normalized spacial score (nSPS) is 17.4. The molecule has 2 unspecified atom stereocenters. The first kappa shape index (κ1) is 29.4. The molecule has 4 heteroatoms. The Bertz CT molecular complexity index is 2100. The number of aryl methyl sites for hydroxylation is 2. The quantitative estimate of drug-likeness (QED) is 0.162. The maximum atomic E-state index is 6.47. The van der Waals surface area contributed by atoms with Gasteiger partial charge < -0.3 is 0 Å². The van der Waals surface area contributed by atoms with Gasteiger partial charge in [-0.1, -0.05) is 0 Å². The van der Waals surface area contributed by atoms with E-state index in [1.54, 1.807) is 0 Å². The van der Waals surface area contributed by atoms with Crippen molar-refractivity contribution >= 4 is 30.2 Å². The second kappa shape index (κ2) is 10.8. The predicted molar refractivity (Wildman–Crippen MR) is 192 cm³/mol. The van der Waals surface area contributed by atoms with Crippen molar-refractivity contribution in [3.63, 3.8) is 0 Å². The van der Waals surface area contributed by atoms with E-state index >= 15 is 0 Å². The molecule has 0 aliphatic heterocycles. The maximum absolute atomic E-state index is 6.47. The summed E-state index contributed by atoms with van der Waals surface area (Å²) in [5.74, 6) is 3.87. The zero-order chi connectivity index (χ0) is 31.7. The number of hydrogen-bond donors (Lipinski definition) is 0. The first-order valence-corrected chi connectivity index (χ1v) is 29.9. The average Bonchev–Trinajstić information content (AvgIpc) is 3.85. The van der Waals surface area contributed by atoms with Crippen LogP contribution < -0.4 is 0 Å². The van der Waals surface area contributed by atoms with Gasteiger partial charge in [-0.2, -0.15) is 0 Å². The monoisotopic (exact) mass is 692 g/mol. The van der Waals surface area contributed by atoms with Crippen molar-refractivity contribution in [2.24, 2.45) is 0 Å². The third-order valence-electron chi connectivity index (χ3n) is 10.2. The van der Waals surface area contributed by atoms with Crippen LogP contribution in [0.4, 0.5) is 0 Å². The number of benzene rings is 4. The summed E-state index contributed by atoms with van der Waals surface area (Å²) in [5.41, 5.74) is 13.2. The molecule has 0 saturated heterocycles. The second-order valence-corrected chi connectivity index (χ2v) is 44.6. The van der Waals surface area contributed by atoms with Crippen LogP contribution in [0.15, 0.2) is 130 Å². The Morgan fingerprint density at radius 1 is 0.500 bits per heavy atom. The number of furan rings is 2. The molecule has 0 spiro atoms. The Morgan fingerprint density at radius 2 is 0.913 bits per heavy atom. The molecular weight excluding hydrogens is 656 g/mol. The number of allylic oxidation sites excluding steroid dienone is 2. The summed E-state index contributed by atoms with van der Waals surface area (Å²) >= 11 is -4.06. The molecule has 226 valence electrons. The molecule has 0 saturated carbocycles. The van der Waals surface area contributed by atoms with Gasteiger partial charge in [-0.25, -0.2) is 0 Å². The van der Waals surface area contributed by atoms with Gasteiger partial charge in [-0.3, -0.25) is 0 Å². The van der Waals surface area contributed by atoms with Crippen LogP contribution in [0.3, 0.4) is 0 Å². The van der Waals surface area contributed by atoms with Crippen LogP contribution >= 0.6 is 0 Å². The third-order valence-corrected chi connectivity index (χ3v) is 27.4. The first-order chi connectivity index (χ1) is 22.2. The second-order valence-electron chi connectivity index (χ2n) is 14.2. The zero-order valence-electron chi connectivity index (χ0n) is 26.9. The van der Waals surface area contributed by atoms with Crippen molar-refractivity contribution < 1.29 is 26.2 Å². The molecular formula is C42H38O2SiZr. The Kier molecular flexibility index (Phi) is 6.90. The van der Waals surface area contributed by atoms with E-state index in [-0.39, 0.29) is 7.25 Å². The summed E-state index contributed by atoms with van der Waals surface area (Å²) in [6, 6.07) is 44.0. The van der Waals surface area contributed by atoms with E-state index in [2.05, 4.69) is 150 Å². The summed E-state index contributed by atoms with van der Waals surface area (Å²) in [5, 5.41) is 0. The van der Waals surface area contributed by atoms with Gasteiger partial charge in [0.1, 0.15) is 0 Å². The molecule has 0 amide bonds. The van der Waals surface area contributed by atoms with Crippen molar-refractivity contribution in [2.75, 3.05) is 0 Å². The van der Waals surface area contributed by atoms with Gasteiger partial charge >= 0.3 is 276 Å². The molecule has 2 aliphatic carbocycles. The minimum absolute atomic E-state index is 0.250. The molecule has 46 heavy (non-hydrogen) atoms. The number of hydrogen-bond acceptors (Lipinski definition) is 2. The van der Waals surface area contributed by atoms with E-state index < -0.39 is 17.4 Å². The van der Waals surface area contributed by atoms with Crippen molar-refractivity contribution in [3.8, 4) is 22.3 Å². The van der Waals surface area contributed by atoms with Gasteiger partial charge in [0, 0.05) is 0 Å². The van der Waals surface area contributed by atoms with Gasteiger partial charge in [0.15, 0.2) is 0 Å². The third kappa shape index (κ3) is 4.69. The van der Waals surface area contributed by atoms with Crippen molar-refractivity contribution in [1.82, 2.24) is 0 Å². The van der Waals surface area contributed by atoms with Gasteiger partial charge in [0.2, 0.25) is 0 Å². The molecule has 0 fully saturated rings. The molecule has 2 nitrogen and oxygen atoms in total. The van der Waals surface area contributed by atoms with E-state index in [4.69, 9.17) is 8.83 Å². The van der Waals surface area contributed by atoms with E-state index in [0.717, 1.165) is 23.0 Å². The van der Waals surface area contributed by atoms with Crippen molar-refractivity contribution in [2.45, 2.75) is 30.4 Å². The number of fused-ring (bicyclic) bond motifs is 2. The first-order valence-electron chi connectivity index (χ1n) is 16.2. The Hall–Kier alpha value is -3.98. The van der Waals surface area contributed by atoms with Gasteiger partial charge in [0.05, 0.1) is 0 Å². The van der Waals surface area contributed by atoms with Crippen LogP contribution in [0.5, 0.6) is 0 Å². The summed E-state index contributed by atoms with van der Waals surface area (Å²) in [7, 11) is 0. The molecule has 0 radical (unpaired) electrons. The molecule has 2 atom stereocenters. The summed E-state index contributed by atoms with van der Waals surface area (Å²) in [6.07, 6.45) is 4.90. The van der Waals surface area contributed by atoms with Crippen LogP contribution in [-0.2, 0) is 17.4 Å². The van der Waals surface area contributed by atoms with Crippen LogP contribution in [0.25, 0.3) is 45.6 Å². The molecule has 0 bridgehead atoms. The summed E-state index contributed by atoms with van der Waals surface area (Å²) in [6.45, 7) is 6.45. The molecule has 2 aromatic heterocycles. The Morgan fingerprint density at radius 3 is 1.28 bits per heavy atom. The topological polar surface area (TPSA) is 26.3 Å². The molecule has 4 aromatic carbocycles. The van der Waals surface area contributed by atoms with Crippen LogP contribution in [0.2, 0.25) is 9.26 Å². The standard InChI is InChI=1S/2C20H15O.2CH3.H2Si.Zr/c2*1-14-10-11-20(21-14)17-12-16-8-5-9-18(19(16)13-17)15-6-3-2-4-7-15;;;;/h2*2-13H,1H3;2*1H3;1H2;. The van der Waals surface area contributed by atoms with Gasteiger partial charge in [0.25, 0.3) is 0 Å². The Labute approximate surface area is 274 Å². The molecule has 2 heterocycles. The van der Waals surface area contributed by atoms with Crippen LogP contribution in [0, 0.1) is 13.8 Å². The molecule has 2 aliphatic rings. The Balaban J connectivity index is 1.39. The fraction of sp³-hybridized carbons (Fsp3) is 0.143. The van der Waals surface area contributed by atoms with E-state index in [9.17, 15) is 0 Å². The van der Waals surface area contributed by atoms with Gasteiger partial charge in [-0.05, 0) is 0 Å². The molecule has 0 N–H and O–H groups in total. The minimum atomic E-state index is -4.06. The predicted octanol–water partition coefficient (Wildman–Crippen LogP) is 11.0. The van der Waals surface area contributed by atoms with Crippen molar-refractivity contribution in [3.05, 3.63) is 167 Å². The molecule has 8 rings (SSSR count). The fourth-order valence-corrected chi connectivity index (χ4v) is 26.8. The van der Waals surface area contributed by atoms with E-state index in [0.29, 0.717) is 0 Å². The van der Waals surface area contributed by atoms with Crippen LogP contribution in [-0.4, -0.2) is 6.88 Å². The van der Waals surface area contributed by atoms with E-state index in [1.165, 1.54) is 55.7 Å². The van der Waals surface area contributed by atoms with Crippen LogP contribution in [0.1, 0.15) is 52.5 Å².